The summed E-state index contributed by atoms with van der Waals surface area (Å²) in [5, 5.41) is 7.93. The molecule has 0 aromatic carbocycles. The molecule has 0 bridgehead atoms. The minimum absolute atomic E-state index is 0.0547. The first-order valence-corrected chi connectivity index (χ1v) is 9.04. The van der Waals surface area contributed by atoms with E-state index in [1.165, 1.54) is 0 Å². The van der Waals surface area contributed by atoms with Gasteiger partial charge in [-0.25, -0.2) is 4.98 Å². The van der Waals surface area contributed by atoms with Crippen LogP contribution < -0.4 is 5.32 Å². The van der Waals surface area contributed by atoms with Gasteiger partial charge >= 0.3 is 0 Å². The predicted molar refractivity (Wildman–Crippen MR) is 93.7 cm³/mol. The van der Waals surface area contributed by atoms with Crippen molar-refractivity contribution in [2.24, 2.45) is 0 Å². The standard InChI is InChI=1S/C15H17BrN2OS2/c1-15(2,3)14-18-11(9-21-14)7-17-13(19)5-4-10-6-12(16)20-8-10/h4-6,8-9H,7H2,1-3H3,(H,17,19). The molecule has 0 radical (unpaired) electrons. The van der Waals surface area contributed by atoms with Crippen molar-refractivity contribution < 1.29 is 4.79 Å². The van der Waals surface area contributed by atoms with Crippen molar-refractivity contribution in [3.05, 3.63) is 43.0 Å². The smallest absolute Gasteiger partial charge is 0.244 e. The number of hydrogen-bond acceptors (Lipinski definition) is 4. The molecule has 0 atom stereocenters. The molecule has 0 saturated carbocycles. The van der Waals surface area contributed by atoms with Gasteiger partial charge in [-0.2, -0.15) is 0 Å². The molecule has 2 aromatic heterocycles. The van der Waals surface area contributed by atoms with E-state index in [4.69, 9.17) is 0 Å². The Bertz CT molecular complexity index is 653. The monoisotopic (exact) mass is 384 g/mol. The molecular weight excluding hydrogens is 368 g/mol. The average molecular weight is 385 g/mol. The Morgan fingerprint density at radius 2 is 2.14 bits per heavy atom. The van der Waals surface area contributed by atoms with Crippen LogP contribution in [0.1, 0.15) is 37.0 Å². The van der Waals surface area contributed by atoms with Crippen LogP contribution in [-0.2, 0) is 16.8 Å². The van der Waals surface area contributed by atoms with Crippen molar-refractivity contribution in [2.45, 2.75) is 32.7 Å². The van der Waals surface area contributed by atoms with Gasteiger partial charge in [0.25, 0.3) is 0 Å². The lowest BCUT2D eigenvalue weighted by atomic mass is 9.98. The van der Waals surface area contributed by atoms with E-state index >= 15 is 0 Å². The van der Waals surface area contributed by atoms with E-state index in [-0.39, 0.29) is 11.3 Å². The highest BCUT2D eigenvalue weighted by Gasteiger charge is 2.17. The van der Waals surface area contributed by atoms with Crippen LogP contribution in [0.4, 0.5) is 0 Å². The summed E-state index contributed by atoms with van der Waals surface area (Å²) in [7, 11) is 0. The number of nitrogens with zero attached hydrogens (tertiary/aromatic N) is 1. The molecule has 2 heterocycles. The van der Waals surface area contributed by atoms with E-state index in [0.29, 0.717) is 6.54 Å². The first-order chi connectivity index (χ1) is 9.84. The molecule has 0 aliphatic carbocycles. The number of hydrogen-bond donors (Lipinski definition) is 1. The number of amides is 1. The highest BCUT2D eigenvalue weighted by Crippen LogP contribution is 2.25. The van der Waals surface area contributed by atoms with Crippen LogP contribution in [-0.4, -0.2) is 10.9 Å². The molecule has 0 spiro atoms. The third-order valence-electron chi connectivity index (χ3n) is 2.65. The van der Waals surface area contributed by atoms with Crippen LogP contribution in [0, 0.1) is 0 Å². The van der Waals surface area contributed by atoms with Gasteiger partial charge in [-0.15, -0.1) is 22.7 Å². The van der Waals surface area contributed by atoms with Gasteiger partial charge in [0.15, 0.2) is 0 Å². The maximum atomic E-state index is 11.8. The predicted octanol–water partition coefficient (Wildman–Crippen LogP) is 4.59. The molecule has 2 aromatic rings. The second-order valence-electron chi connectivity index (χ2n) is 5.63. The molecule has 1 N–H and O–H groups in total. The first kappa shape index (κ1) is 16.4. The van der Waals surface area contributed by atoms with E-state index in [2.05, 4.69) is 47.0 Å². The Morgan fingerprint density at radius 3 is 2.71 bits per heavy atom. The van der Waals surface area contributed by atoms with Gasteiger partial charge in [-0.1, -0.05) is 20.8 Å². The van der Waals surface area contributed by atoms with Crippen LogP contribution in [0.3, 0.4) is 0 Å². The number of nitrogens with one attached hydrogen (secondary N) is 1. The molecule has 6 heteroatoms. The normalized spacial score (nSPS) is 12.0. The summed E-state index contributed by atoms with van der Waals surface area (Å²) in [6.07, 6.45) is 3.35. The summed E-state index contributed by atoms with van der Waals surface area (Å²) < 4.78 is 1.06. The molecule has 1 amide bonds. The number of rotatable bonds is 4. The fourth-order valence-corrected chi connectivity index (χ4v) is 3.60. The summed E-state index contributed by atoms with van der Waals surface area (Å²) in [5.74, 6) is -0.109. The average Bonchev–Trinajstić information content (AvgIpc) is 3.02. The molecule has 0 aliphatic heterocycles. The molecule has 0 unspecified atom stereocenters. The molecule has 0 aliphatic rings. The molecular formula is C15H17BrN2OS2. The number of thiophene rings is 1. The fourth-order valence-electron chi connectivity index (χ4n) is 1.55. The largest absolute Gasteiger partial charge is 0.347 e. The van der Waals surface area contributed by atoms with Crippen LogP contribution in [0.25, 0.3) is 6.08 Å². The van der Waals surface area contributed by atoms with Gasteiger partial charge in [0, 0.05) is 16.9 Å². The quantitative estimate of drug-likeness (QED) is 0.782. The summed E-state index contributed by atoms with van der Waals surface area (Å²) in [6, 6.07) is 1.98. The summed E-state index contributed by atoms with van der Waals surface area (Å²) in [4.78, 5) is 16.3. The minimum atomic E-state index is -0.109. The number of aromatic nitrogens is 1. The Morgan fingerprint density at radius 1 is 1.38 bits per heavy atom. The second kappa shape index (κ2) is 6.85. The fraction of sp³-hybridized carbons (Fsp3) is 0.333. The minimum Gasteiger partial charge on any atom is -0.347 e. The molecule has 0 saturated heterocycles. The van der Waals surface area contributed by atoms with Gasteiger partial charge in [0.2, 0.25) is 5.91 Å². The van der Waals surface area contributed by atoms with Crippen molar-refractivity contribution in [3.63, 3.8) is 0 Å². The van der Waals surface area contributed by atoms with Crippen LogP contribution >= 0.6 is 38.6 Å². The topological polar surface area (TPSA) is 42.0 Å². The zero-order valence-electron chi connectivity index (χ0n) is 12.1. The van der Waals surface area contributed by atoms with E-state index in [9.17, 15) is 4.79 Å². The summed E-state index contributed by atoms with van der Waals surface area (Å²) >= 11 is 6.63. The Hall–Kier alpha value is -0.980. The summed E-state index contributed by atoms with van der Waals surface area (Å²) in [5.41, 5.74) is 1.98. The Labute approximate surface area is 141 Å². The SMILES string of the molecule is CC(C)(C)c1nc(CNC(=O)C=Cc2csc(Br)c2)cs1. The highest BCUT2D eigenvalue weighted by molar-refractivity contribution is 9.11. The molecule has 21 heavy (non-hydrogen) atoms. The van der Waals surface area contributed by atoms with E-state index in [1.54, 1.807) is 34.8 Å². The lowest BCUT2D eigenvalue weighted by Crippen LogP contribution is -2.20. The molecule has 112 valence electrons. The maximum absolute atomic E-state index is 11.8. The van der Waals surface area contributed by atoms with E-state index < -0.39 is 0 Å². The number of halogens is 1. The van der Waals surface area contributed by atoms with Gasteiger partial charge in [-0.05, 0) is 39.0 Å². The van der Waals surface area contributed by atoms with Crippen molar-refractivity contribution in [1.82, 2.24) is 10.3 Å². The third-order valence-corrected chi connectivity index (χ3v) is 5.49. The van der Waals surface area contributed by atoms with Crippen molar-refractivity contribution >= 4 is 50.6 Å². The third kappa shape index (κ3) is 5.05. The first-order valence-electron chi connectivity index (χ1n) is 6.49. The second-order valence-corrected chi connectivity index (χ2v) is 8.78. The van der Waals surface area contributed by atoms with Gasteiger partial charge in [-0.3, -0.25) is 4.79 Å². The van der Waals surface area contributed by atoms with Crippen molar-refractivity contribution in [1.29, 1.82) is 0 Å². The van der Waals surface area contributed by atoms with Gasteiger partial charge < -0.3 is 5.32 Å². The zero-order valence-corrected chi connectivity index (χ0v) is 15.4. The van der Waals surface area contributed by atoms with E-state index in [0.717, 1.165) is 20.1 Å². The highest BCUT2D eigenvalue weighted by atomic mass is 79.9. The molecule has 2 rings (SSSR count). The van der Waals surface area contributed by atoms with Gasteiger partial charge in [0.05, 0.1) is 21.0 Å². The zero-order chi connectivity index (χ0) is 15.5. The number of carbonyl (C=O) groups is 1. The van der Waals surface area contributed by atoms with Crippen molar-refractivity contribution in [3.8, 4) is 0 Å². The number of thiazole rings is 1. The van der Waals surface area contributed by atoms with Crippen LogP contribution in [0.15, 0.2) is 26.7 Å². The maximum Gasteiger partial charge on any atom is 0.244 e. The van der Waals surface area contributed by atoms with Crippen LogP contribution in [0.5, 0.6) is 0 Å². The van der Waals surface area contributed by atoms with Crippen molar-refractivity contribution in [2.75, 3.05) is 0 Å². The van der Waals surface area contributed by atoms with E-state index in [1.807, 2.05) is 16.8 Å². The molecule has 3 nitrogen and oxygen atoms in total. The Balaban J connectivity index is 1.86. The van der Waals surface area contributed by atoms with Crippen LogP contribution in [0.2, 0.25) is 0 Å². The lowest BCUT2D eigenvalue weighted by molar-refractivity contribution is -0.116. The number of carbonyl (C=O) groups excluding carboxylic acids is 1. The lowest BCUT2D eigenvalue weighted by Gasteiger charge is -2.13. The van der Waals surface area contributed by atoms with Gasteiger partial charge in [0.1, 0.15) is 0 Å². The summed E-state index contributed by atoms with van der Waals surface area (Å²) in [6.45, 7) is 6.87. The molecule has 0 fully saturated rings. The Kier molecular flexibility index (Phi) is 5.35.